The van der Waals surface area contributed by atoms with Gasteiger partial charge < -0.3 is 10.9 Å². The standard InChI is InChI=1S/C6H9N3O6S/c1-3-6(7,4(10)2-8-12)5(11)9(3)16(13,14)15/h2-3,12H,7H2,1H3,(H,13,14,15). The summed E-state index contributed by atoms with van der Waals surface area (Å²) in [6, 6.07) is -1.25. The minimum atomic E-state index is -4.74. The summed E-state index contributed by atoms with van der Waals surface area (Å²) in [5, 5.41) is 10.5. The van der Waals surface area contributed by atoms with E-state index < -0.39 is 33.6 Å². The number of carbonyl (C=O) groups is 2. The van der Waals surface area contributed by atoms with Crippen molar-refractivity contribution >= 4 is 28.2 Å². The number of β-lactam (4-membered cyclic amide) rings is 1. The van der Waals surface area contributed by atoms with Crippen molar-refractivity contribution < 1.29 is 27.8 Å². The van der Waals surface area contributed by atoms with Crippen molar-refractivity contribution in [2.24, 2.45) is 10.9 Å². The van der Waals surface area contributed by atoms with Gasteiger partial charge in [-0.1, -0.05) is 5.16 Å². The zero-order valence-corrected chi connectivity index (χ0v) is 8.88. The van der Waals surface area contributed by atoms with Gasteiger partial charge >= 0.3 is 10.3 Å². The molecule has 0 radical (unpaired) electrons. The molecule has 0 aromatic carbocycles. The van der Waals surface area contributed by atoms with E-state index in [1.807, 2.05) is 0 Å². The number of rotatable bonds is 3. The first kappa shape index (κ1) is 12.5. The van der Waals surface area contributed by atoms with Crippen LogP contribution in [-0.2, 0) is 19.9 Å². The molecule has 1 fully saturated rings. The summed E-state index contributed by atoms with van der Waals surface area (Å²) in [5.74, 6) is -2.32. The summed E-state index contributed by atoms with van der Waals surface area (Å²) in [6.45, 7) is 1.16. The number of hydrogen-bond acceptors (Lipinski definition) is 7. The zero-order chi connectivity index (χ0) is 12.7. The van der Waals surface area contributed by atoms with Crippen molar-refractivity contribution in [1.29, 1.82) is 0 Å². The Bertz CT molecular complexity index is 471. The lowest BCUT2D eigenvalue weighted by atomic mass is 9.80. The number of carbonyl (C=O) groups excluding carboxylic acids is 2. The summed E-state index contributed by atoms with van der Waals surface area (Å²) < 4.78 is 30.2. The predicted octanol–water partition coefficient (Wildman–Crippen LogP) is -2.25. The lowest BCUT2D eigenvalue weighted by Crippen LogP contribution is -2.81. The van der Waals surface area contributed by atoms with Crippen LogP contribution in [0.3, 0.4) is 0 Å². The van der Waals surface area contributed by atoms with Crippen LogP contribution in [0.4, 0.5) is 0 Å². The fourth-order valence-electron chi connectivity index (χ4n) is 1.43. The van der Waals surface area contributed by atoms with Crippen molar-refractivity contribution in [3.63, 3.8) is 0 Å². The molecular weight excluding hydrogens is 242 g/mol. The first-order valence-corrected chi connectivity index (χ1v) is 5.39. The summed E-state index contributed by atoms with van der Waals surface area (Å²) in [6.07, 6.45) is 0.399. The van der Waals surface area contributed by atoms with Gasteiger partial charge in [-0.25, -0.2) is 4.31 Å². The Hall–Kier alpha value is -1.52. The Morgan fingerprint density at radius 1 is 1.69 bits per heavy atom. The van der Waals surface area contributed by atoms with Crippen LogP contribution in [0.5, 0.6) is 0 Å². The summed E-state index contributed by atoms with van der Waals surface area (Å²) in [4.78, 5) is 22.6. The Kier molecular flexibility index (Phi) is 2.75. The smallest absolute Gasteiger partial charge is 0.362 e. The van der Waals surface area contributed by atoms with Gasteiger partial charge in [-0.3, -0.25) is 14.1 Å². The second kappa shape index (κ2) is 3.50. The van der Waals surface area contributed by atoms with Crippen LogP contribution >= 0.6 is 0 Å². The van der Waals surface area contributed by atoms with Crippen LogP contribution in [0.2, 0.25) is 0 Å². The lowest BCUT2D eigenvalue weighted by Gasteiger charge is -2.47. The monoisotopic (exact) mass is 251 g/mol. The van der Waals surface area contributed by atoms with Gasteiger partial charge in [-0.2, -0.15) is 8.42 Å². The Labute approximate surface area is 90.4 Å². The highest BCUT2D eigenvalue weighted by molar-refractivity contribution is 7.84. The molecule has 90 valence electrons. The fourth-order valence-corrected chi connectivity index (χ4v) is 2.36. The SMILES string of the molecule is CC1N(S(=O)(=O)O)C(=O)C1(N)C(=O)C=NO. The quantitative estimate of drug-likeness (QED) is 0.128. The molecular formula is C6H9N3O6S. The third-order valence-corrected chi connectivity index (χ3v) is 3.38. The van der Waals surface area contributed by atoms with Crippen LogP contribution in [0.1, 0.15) is 6.92 Å². The second-order valence-corrected chi connectivity index (χ2v) is 4.52. The molecule has 1 rings (SSSR count). The molecule has 9 nitrogen and oxygen atoms in total. The van der Waals surface area contributed by atoms with Crippen molar-refractivity contribution in [2.45, 2.75) is 18.5 Å². The van der Waals surface area contributed by atoms with E-state index in [1.165, 1.54) is 0 Å². The molecule has 0 aromatic heterocycles. The molecule has 0 spiro atoms. The predicted molar refractivity (Wildman–Crippen MR) is 50.1 cm³/mol. The summed E-state index contributed by atoms with van der Waals surface area (Å²) >= 11 is 0. The first-order chi connectivity index (χ1) is 7.17. The number of nitrogens with zero attached hydrogens (tertiary/aromatic N) is 2. The molecule has 2 unspecified atom stereocenters. The number of hydrogen-bond donors (Lipinski definition) is 3. The topological polar surface area (TPSA) is 150 Å². The highest BCUT2D eigenvalue weighted by Gasteiger charge is 2.64. The van der Waals surface area contributed by atoms with Gasteiger partial charge in [0.2, 0.25) is 5.78 Å². The molecule has 0 aromatic rings. The average Bonchev–Trinajstić information content (AvgIpc) is 2.15. The van der Waals surface area contributed by atoms with Crippen molar-refractivity contribution in [3.05, 3.63) is 0 Å². The van der Waals surface area contributed by atoms with Crippen LogP contribution < -0.4 is 5.73 Å². The third kappa shape index (κ3) is 1.47. The second-order valence-electron chi connectivity index (χ2n) is 3.23. The van der Waals surface area contributed by atoms with Crippen LogP contribution in [0.25, 0.3) is 0 Å². The molecule has 1 aliphatic rings. The van der Waals surface area contributed by atoms with E-state index in [9.17, 15) is 18.0 Å². The van der Waals surface area contributed by atoms with E-state index in [2.05, 4.69) is 5.16 Å². The highest BCUT2D eigenvalue weighted by atomic mass is 32.2. The molecule has 1 amide bonds. The molecule has 1 aliphatic heterocycles. The normalized spacial score (nSPS) is 30.6. The van der Waals surface area contributed by atoms with Gasteiger partial charge in [0.25, 0.3) is 5.91 Å². The van der Waals surface area contributed by atoms with E-state index in [4.69, 9.17) is 15.5 Å². The third-order valence-electron chi connectivity index (χ3n) is 2.40. The number of Topliss-reactive ketones (excluding diaryl/α,β-unsaturated/α-hetero) is 1. The molecule has 10 heteroatoms. The van der Waals surface area contributed by atoms with Crippen molar-refractivity contribution in [1.82, 2.24) is 4.31 Å². The molecule has 0 saturated carbocycles. The molecule has 4 N–H and O–H groups in total. The Morgan fingerprint density at radius 3 is 2.50 bits per heavy atom. The maximum absolute atomic E-state index is 11.4. The minimum absolute atomic E-state index is 0.0795. The van der Waals surface area contributed by atoms with Crippen LogP contribution in [0, 0.1) is 0 Å². The van der Waals surface area contributed by atoms with Gasteiger partial charge in [0, 0.05) is 0 Å². The Balaban J connectivity index is 3.08. The highest BCUT2D eigenvalue weighted by Crippen LogP contribution is 2.31. The summed E-state index contributed by atoms with van der Waals surface area (Å²) in [5.41, 5.74) is 3.26. The zero-order valence-electron chi connectivity index (χ0n) is 8.06. The van der Waals surface area contributed by atoms with Gasteiger partial charge in [-0.15, -0.1) is 0 Å². The van der Waals surface area contributed by atoms with E-state index in [0.29, 0.717) is 6.21 Å². The van der Waals surface area contributed by atoms with E-state index in [1.54, 1.807) is 0 Å². The number of nitrogens with two attached hydrogens (primary N) is 1. The number of amides is 1. The molecule has 2 atom stereocenters. The van der Waals surface area contributed by atoms with Crippen molar-refractivity contribution in [3.8, 4) is 0 Å². The van der Waals surface area contributed by atoms with E-state index in [-0.39, 0.29) is 4.31 Å². The van der Waals surface area contributed by atoms with Crippen LogP contribution in [-0.4, -0.2) is 52.0 Å². The Morgan fingerprint density at radius 2 is 2.19 bits per heavy atom. The van der Waals surface area contributed by atoms with E-state index in [0.717, 1.165) is 6.92 Å². The van der Waals surface area contributed by atoms with Gasteiger partial charge in [0.15, 0.2) is 5.54 Å². The number of oxime groups is 1. The van der Waals surface area contributed by atoms with Crippen molar-refractivity contribution in [2.75, 3.05) is 0 Å². The van der Waals surface area contributed by atoms with Crippen LogP contribution in [0.15, 0.2) is 5.16 Å². The molecule has 1 heterocycles. The largest absolute Gasteiger partial charge is 0.411 e. The number of ketones is 1. The van der Waals surface area contributed by atoms with Gasteiger partial charge in [0.1, 0.15) is 6.21 Å². The molecule has 16 heavy (non-hydrogen) atoms. The maximum Gasteiger partial charge on any atom is 0.362 e. The van der Waals surface area contributed by atoms with Gasteiger partial charge in [-0.05, 0) is 6.92 Å². The lowest BCUT2D eigenvalue weighted by molar-refractivity contribution is -0.153. The molecule has 1 saturated heterocycles. The average molecular weight is 251 g/mol. The van der Waals surface area contributed by atoms with E-state index >= 15 is 0 Å². The summed E-state index contributed by atoms with van der Waals surface area (Å²) in [7, 11) is -4.74. The fraction of sp³-hybridized carbons (Fsp3) is 0.500. The molecule has 0 aliphatic carbocycles. The minimum Gasteiger partial charge on any atom is -0.411 e. The molecule has 0 bridgehead atoms. The first-order valence-electron chi connectivity index (χ1n) is 3.99. The maximum atomic E-state index is 11.4. The van der Waals surface area contributed by atoms with Gasteiger partial charge in [0.05, 0.1) is 6.04 Å².